The molecule has 1 atom stereocenters. The molecule has 0 radical (unpaired) electrons. The quantitative estimate of drug-likeness (QED) is 0.582. The molecular formula is C18H25N3O4S. The normalized spacial score (nSPS) is 17.1. The number of amides is 2. The fourth-order valence-corrected chi connectivity index (χ4v) is 4.34. The van der Waals surface area contributed by atoms with E-state index in [1.165, 1.54) is 28.6 Å². The van der Waals surface area contributed by atoms with Crippen LogP contribution in [-0.4, -0.2) is 37.6 Å². The molecule has 7 nitrogen and oxygen atoms in total. The summed E-state index contributed by atoms with van der Waals surface area (Å²) < 4.78 is 26.4. The molecule has 1 aromatic carbocycles. The summed E-state index contributed by atoms with van der Waals surface area (Å²) in [5.74, 6) is -0.953. The first-order valence-electron chi connectivity index (χ1n) is 8.75. The predicted octanol–water partition coefficient (Wildman–Crippen LogP) is 1.83. The molecule has 1 aliphatic rings. The van der Waals surface area contributed by atoms with Crippen LogP contribution >= 0.6 is 0 Å². The second-order valence-corrected chi connectivity index (χ2v) is 7.98. The Balaban J connectivity index is 2.06. The van der Waals surface area contributed by atoms with Crippen LogP contribution in [0.2, 0.25) is 0 Å². The highest BCUT2D eigenvalue weighted by Gasteiger charge is 2.23. The van der Waals surface area contributed by atoms with E-state index in [-0.39, 0.29) is 22.3 Å². The summed E-state index contributed by atoms with van der Waals surface area (Å²) in [6.07, 6.45) is 6.23. The number of rotatable bonds is 6. The van der Waals surface area contributed by atoms with Crippen LogP contribution in [0.5, 0.6) is 0 Å². The van der Waals surface area contributed by atoms with Crippen LogP contribution in [-0.2, 0) is 14.8 Å². The molecule has 2 N–H and O–H groups in total. The number of benzene rings is 1. The predicted molar refractivity (Wildman–Crippen MR) is 98.6 cm³/mol. The fraction of sp³-hybridized carbons (Fsp3) is 0.444. The van der Waals surface area contributed by atoms with Crippen molar-refractivity contribution in [3.05, 3.63) is 42.0 Å². The molecule has 1 aromatic rings. The van der Waals surface area contributed by atoms with Gasteiger partial charge in [0.2, 0.25) is 15.9 Å². The van der Waals surface area contributed by atoms with Crippen molar-refractivity contribution in [2.75, 3.05) is 13.1 Å². The molecular weight excluding hydrogens is 354 g/mol. The third kappa shape index (κ3) is 4.70. The zero-order chi connectivity index (χ0) is 19.2. The Kier molecular flexibility index (Phi) is 6.93. The number of hydrogen-bond donors (Lipinski definition) is 2. The summed E-state index contributed by atoms with van der Waals surface area (Å²) in [6, 6.07) is 5.79. The Bertz CT molecular complexity index is 785. The third-order valence-corrected chi connectivity index (χ3v) is 6.42. The standard InChI is InChI=1S/C18H25N3O4S/c1-3-21(4-2)26(24,25)16-12-8-11-15(13-16)18(23)20-19-17(22)14-9-6-5-7-10-14/h5-6,8,11-14H,3-4,7,9-10H2,1-2H3,(H,19,22)(H,20,23). The van der Waals surface area contributed by atoms with Crippen molar-refractivity contribution in [2.24, 2.45) is 5.92 Å². The summed E-state index contributed by atoms with van der Waals surface area (Å²) in [6.45, 7) is 4.21. The summed E-state index contributed by atoms with van der Waals surface area (Å²) in [5.41, 5.74) is 4.95. The fourth-order valence-electron chi connectivity index (χ4n) is 2.83. The number of nitrogens with zero attached hydrogens (tertiary/aromatic N) is 1. The van der Waals surface area contributed by atoms with Gasteiger partial charge in [-0.1, -0.05) is 32.1 Å². The lowest BCUT2D eigenvalue weighted by molar-refractivity contribution is -0.126. The van der Waals surface area contributed by atoms with Gasteiger partial charge in [-0.15, -0.1) is 0 Å². The first kappa shape index (κ1) is 20.1. The molecule has 1 unspecified atom stereocenters. The highest BCUT2D eigenvalue weighted by Crippen LogP contribution is 2.18. The Morgan fingerprint density at radius 3 is 2.50 bits per heavy atom. The third-order valence-electron chi connectivity index (χ3n) is 4.38. The Morgan fingerprint density at radius 2 is 1.88 bits per heavy atom. The van der Waals surface area contributed by atoms with Crippen molar-refractivity contribution in [3.8, 4) is 0 Å². The molecule has 1 aliphatic carbocycles. The van der Waals surface area contributed by atoms with Crippen LogP contribution in [0.15, 0.2) is 41.3 Å². The maximum atomic E-state index is 12.6. The Morgan fingerprint density at radius 1 is 1.15 bits per heavy atom. The van der Waals surface area contributed by atoms with Gasteiger partial charge in [-0.25, -0.2) is 8.42 Å². The summed E-state index contributed by atoms with van der Waals surface area (Å²) in [5, 5.41) is 0. The lowest BCUT2D eigenvalue weighted by Gasteiger charge is -2.19. The van der Waals surface area contributed by atoms with Crippen molar-refractivity contribution in [1.82, 2.24) is 15.2 Å². The van der Waals surface area contributed by atoms with Gasteiger partial charge >= 0.3 is 0 Å². The van der Waals surface area contributed by atoms with E-state index in [2.05, 4.69) is 10.9 Å². The number of hydrazine groups is 1. The highest BCUT2D eigenvalue weighted by molar-refractivity contribution is 7.89. The van der Waals surface area contributed by atoms with Crippen molar-refractivity contribution in [1.29, 1.82) is 0 Å². The number of hydrogen-bond acceptors (Lipinski definition) is 4. The molecule has 0 aromatic heterocycles. The van der Waals surface area contributed by atoms with E-state index in [1.54, 1.807) is 13.8 Å². The summed E-state index contributed by atoms with van der Waals surface area (Å²) in [4.78, 5) is 24.4. The van der Waals surface area contributed by atoms with Crippen LogP contribution in [0.4, 0.5) is 0 Å². The molecule has 2 amide bonds. The average molecular weight is 379 g/mol. The van der Waals surface area contributed by atoms with Crippen molar-refractivity contribution < 1.29 is 18.0 Å². The largest absolute Gasteiger partial charge is 0.273 e. The summed E-state index contributed by atoms with van der Waals surface area (Å²) in [7, 11) is -3.65. The van der Waals surface area contributed by atoms with E-state index in [0.29, 0.717) is 19.5 Å². The Labute approximate surface area is 154 Å². The highest BCUT2D eigenvalue weighted by atomic mass is 32.2. The minimum absolute atomic E-state index is 0.0533. The molecule has 8 heteroatoms. The van der Waals surface area contributed by atoms with E-state index in [0.717, 1.165) is 12.8 Å². The molecule has 0 bridgehead atoms. The molecule has 0 fully saturated rings. The molecule has 0 spiro atoms. The molecule has 142 valence electrons. The number of sulfonamides is 1. The van der Waals surface area contributed by atoms with Gasteiger partial charge in [0.05, 0.1) is 4.90 Å². The number of nitrogens with one attached hydrogen (secondary N) is 2. The van der Waals surface area contributed by atoms with Gasteiger partial charge in [0.25, 0.3) is 5.91 Å². The lowest BCUT2D eigenvalue weighted by Crippen LogP contribution is -2.44. The monoisotopic (exact) mass is 379 g/mol. The van der Waals surface area contributed by atoms with Gasteiger partial charge in [0, 0.05) is 24.6 Å². The van der Waals surface area contributed by atoms with E-state index in [1.807, 2.05) is 12.2 Å². The SMILES string of the molecule is CCN(CC)S(=O)(=O)c1cccc(C(=O)NNC(=O)C2CC=CCC2)c1. The molecule has 26 heavy (non-hydrogen) atoms. The van der Waals surface area contributed by atoms with Crippen LogP contribution in [0.3, 0.4) is 0 Å². The second-order valence-electron chi connectivity index (χ2n) is 6.04. The second kappa shape index (κ2) is 8.95. The van der Waals surface area contributed by atoms with Crippen molar-refractivity contribution in [3.63, 3.8) is 0 Å². The zero-order valence-corrected chi connectivity index (χ0v) is 15.9. The van der Waals surface area contributed by atoms with Gasteiger partial charge in [0.1, 0.15) is 0 Å². The van der Waals surface area contributed by atoms with Gasteiger partial charge in [-0.2, -0.15) is 4.31 Å². The van der Waals surface area contributed by atoms with Gasteiger partial charge in [-0.3, -0.25) is 20.4 Å². The maximum Gasteiger partial charge on any atom is 0.269 e. The number of allylic oxidation sites excluding steroid dienone is 2. The van der Waals surface area contributed by atoms with Crippen molar-refractivity contribution in [2.45, 2.75) is 38.0 Å². The molecule has 0 saturated heterocycles. The van der Waals surface area contributed by atoms with Gasteiger partial charge in [-0.05, 0) is 37.5 Å². The summed E-state index contributed by atoms with van der Waals surface area (Å²) >= 11 is 0. The first-order chi connectivity index (χ1) is 12.4. The molecule has 2 rings (SSSR count). The van der Waals surface area contributed by atoms with Crippen LogP contribution in [0, 0.1) is 5.92 Å². The number of carbonyl (C=O) groups excluding carboxylic acids is 2. The van der Waals surface area contributed by atoms with Crippen LogP contribution in [0.25, 0.3) is 0 Å². The van der Waals surface area contributed by atoms with Crippen LogP contribution < -0.4 is 10.9 Å². The number of carbonyl (C=O) groups is 2. The van der Waals surface area contributed by atoms with Gasteiger partial charge < -0.3 is 0 Å². The maximum absolute atomic E-state index is 12.6. The topological polar surface area (TPSA) is 95.6 Å². The lowest BCUT2D eigenvalue weighted by atomic mass is 9.94. The first-order valence-corrected chi connectivity index (χ1v) is 10.2. The molecule has 0 aliphatic heterocycles. The zero-order valence-electron chi connectivity index (χ0n) is 15.1. The van der Waals surface area contributed by atoms with Crippen molar-refractivity contribution >= 4 is 21.8 Å². The molecule has 0 heterocycles. The Hall–Kier alpha value is -2.19. The molecule has 0 saturated carbocycles. The van der Waals surface area contributed by atoms with Crippen LogP contribution in [0.1, 0.15) is 43.5 Å². The van der Waals surface area contributed by atoms with E-state index in [9.17, 15) is 18.0 Å². The van der Waals surface area contributed by atoms with E-state index in [4.69, 9.17) is 0 Å². The van der Waals surface area contributed by atoms with E-state index >= 15 is 0 Å². The van der Waals surface area contributed by atoms with Gasteiger partial charge in [0.15, 0.2) is 0 Å². The minimum Gasteiger partial charge on any atom is -0.273 e. The van der Waals surface area contributed by atoms with E-state index < -0.39 is 15.9 Å². The smallest absolute Gasteiger partial charge is 0.269 e. The minimum atomic E-state index is -3.65. The average Bonchev–Trinajstić information content (AvgIpc) is 2.67.